The average molecular weight is 195 g/mol. The summed E-state index contributed by atoms with van der Waals surface area (Å²) in [6.45, 7) is 0.845. The lowest BCUT2D eigenvalue weighted by atomic mass is 10.2. The number of halogens is 1. The van der Waals surface area contributed by atoms with E-state index >= 15 is 0 Å². The monoisotopic (exact) mass is 195 g/mol. The standard InChI is InChI=1S/C11H14FNO/c1-14-10-4-2-3-9(12)11(10)13-7-8-5-6-8/h2-4,8,13H,5-7H2,1H3. The van der Waals surface area contributed by atoms with Crippen molar-refractivity contribution in [3.05, 3.63) is 24.0 Å². The second-order valence-electron chi connectivity index (χ2n) is 3.64. The minimum Gasteiger partial charge on any atom is -0.494 e. The van der Waals surface area contributed by atoms with Gasteiger partial charge in [0, 0.05) is 6.54 Å². The topological polar surface area (TPSA) is 21.3 Å². The van der Waals surface area contributed by atoms with Crippen molar-refractivity contribution in [1.29, 1.82) is 0 Å². The molecule has 0 aromatic heterocycles. The zero-order chi connectivity index (χ0) is 9.97. The number of para-hydroxylation sites is 1. The van der Waals surface area contributed by atoms with Crippen LogP contribution in [-0.4, -0.2) is 13.7 Å². The van der Waals surface area contributed by atoms with Crippen LogP contribution in [0.25, 0.3) is 0 Å². The van der Waals surface area contributed by atoms with Gasteiger partial charge in [-0.05, 0) is 30.9 Å². The fourth-order valence-electron chi connectivity index (χ4n) is 1.41. The molecule has 0 amide bonds. The lowest BCUT2D eigenvalue weighted by molar-refractivity contribution is 0.413. The zero-order valence-electron chi connectivity index (χ0n) is 8.22. The maximum atomic E-state index is 13.4. The van der Waals surface area contributed by atoms with Gasteiger partial charge in [0.1, 0.15) is 17.3 Å². The van der Waals surface area contributed by atoms with Gasteiger partial charge in [-0.1, -0.05) is 6.07 Å². The molecule has 1 saturated carbocycles. The molecular formula is C11H14FNO. The van der Waals surface area contributed by atoms with Gasteiger partial charge >= 0.3 is 0 Å². The van der Waals surface area contributed by atoms with E-state index in [2.05, 4.69) is 5.32 Å². The van der Waals surface area contributed by atoms with E-state index in [1.54, 1.807) is 19.2 Å². The number of nitrogens with one attached hydrogen (secondary N) is 1. The minimum atomic E-state index is -0.245. The molecule has 1 N–H and O–H groups in total. The van der Waals surface area contributed by atoms with Crippen LogP contribution in [0.2, 0.25) is 0 Å². The zero-order valence-corrected chi connectivity index (χ0v) is 8.22. The molecule has 0 heterocycles. The first-order valence-electron chi connectivity index (χ1n) is 4.87. The lowest BCUT2D eigenvalue weighted by Gasteiger charge is -2.11. The predicted octanol–water partition coefficient (Wildman–Crippen LogP) is 2.66. The van der Waals surface area contributed by atoms with Gasteiger partial charge in [0.2, 0.25) is 0 Å². The Balaban J connectivity index is 2.11. The lowest BCUT2D eigenvalue weighted by Crippen LogP contribution is -2.06. The molecule has 1 fully saturated rings. The normalized spacial score (nSPS) is 15.3. The van der Waals surface area contributed by atoms with Crippen LogP contribution in [0.15, 0.2) is 18.2 Å². The first-order valence-corrected chi connectivity index (χ1v) is 4.87. The number of ether oxygens (including phenoxy) is 1. The van der Waals surface area contributed by atoms with Crippen molar-refractivity contribution in [3.63, 3.8) is 0 Å². The van der Waals surface area contributed by atoms with E-state index < -0.39 is 0 Å². The molecule has 1 aliphatic rings. The summed E-state index contributed by atoms with van der Waals surface area (Å²) in [6, 6.07) is 4.85. The van der Waals surface area contributed by atoms with E-state index in [1.807, 2.05) is 0 Å². The van der Waals surface area contributed by atoms with Crippen LogP contribution in [0, 0.1) is 11.7 Å². The van der Waals surface area contributed by atoms with Gasteiger partial charge < -0.3 is 10.1 Å². The van der Waals surface area contributed by atoms with Gasteiger partial charge in [-0.25, -0.2) is 4.39 Å². The molecule has 0 unspecified atom stereocenters. The molecule has 2 rings (SSSR count). The molecule has 1 aromatic rings. The van der Waals surface area contributed by atoms with Crippen LogP contribution in [0.1, 0.15) is 12.8 Å². The fraction of sp³-hybridized carbons (Fsp3) is 0.455. The van der Waals surface area contributed by atoms with Crippen LogP contribution < -0.4 is 10.1 Å². The van der Waals surface area contributed by atoms with Crippen LogP contribution in [0.5, 0.6) is 5.75 Å². The van der Waals surface area contributed by atoms with Crippen molar-refractivity contribution < 1.29 is 9.13 Å². The van der Waals surface area contributed by atoms with Gasteiger partial charge in [-0.15, -0.1) is 0 Å². The Hall–Kier alpha value is -1.25. The molecule has 3 heteroatoms. The van der Waals surface area contributed by atoms with Gasteiger partial charge in [0.05, 0.1) is 7.11 Å². The summed E-state index contributed by atoms with van der Waals surface area (Å²) in [7, 11) is 1.55. The first-order chi connectivity index (χ1) is 6.81. The number of hydrogen-bond acceptors (Lipinski definition) is 2. The third-order valence-electron chi connectivity index (χ3n) is 2.46. The first kappa shape index (κ1) is 9.31. The fourth-order valence-corrected chi connectivity index (χ4v) is 1.41. The summed E-state index contributed by atoms with van der Waals surface area (Å²) < 4.78 is 18.4. The quantitative estimate of drug-likeness (QED) is 0.797. The third-order valence-corrected chi connectivity index (χ3v) is 2.46. The molecule has 0 atom stereocenters. The highest BCUT2D eigenvalue weighted by Crippen LogP contribution is 2.32. The molecule has 1 aromatic carbocycles. The third kappa shape index (κ3) is 1.97. The SMILES string of the molecule is COc1cccc(F)c1NCC1CC1. The van der Waals surface area contributed by atoms with Gasteiger partial charge in [0.25, 0.3) is 0 Å². The van der Waals surface area contributed by atoms with E-state index in [1.165, 1.54) is 18.9 Å². The summed E-state index contributed by atoms with van der Waals surface area (Å²) in [4.78, 5) is 0. The van der Waals surface area contributed by atoms with Crippen LogP contribution in [0.4, 0.5) is 10.1 Å². The van der Waals surface area contributed by atoms with Gasteiger partial charge in [-0.2, -0.15) is 0 Å². The molecular weight excluding hydrogens is 181 g/mol. The number of anilines is 1. The van der Waals surface area contributed by atoms with Crippen LogP contribution in [-0.2, 0) is 0 Å². The van der Waals surface area contributed by atoms with E-state index in [0.717, 1.165) is 12.5 Å². The summed E-state index contributed by atoms with van der Waals surface area (Å²) in [5.74, 6) is 1.05. The van der Waals surface area contributed by atoms with Crippen molar-refractivity contribution in [2.24, 2.45) is 5.92 Å². The highest BCUT2D eigenvalue weighted by molar-refractivity contribution is 5.57. The molecule has 0 aliphatic heterocycles. The molecule has 0 spiro atoms. The maximum absolute atomic E-state index is 13.4. The Labute approximate surface area is 83.1 Å². The van der Waals surface area contributed by atoms with Crippen molar-refractivity contribution in [2.75, 3.05) is 19.0 Å². The second kappa shape index (κ2) is 3.86. The molecule has 14 heavy (non-hydrogen) atoms. The second-order valence-corrected chi connectivity index (χ2v) is 3.64. The predicted molar refractivity (Wildman–Crippen MR) is 54.2 cm³/mol. The largest absolute Gasteiger partial charge is 0.494 e. The number of benzene rings is 1. The molecule has 1 aliphatic carbocycles. The summed E-state index contributed by atoms with van der Waals surface area (Å²) >= 11 is 0. The van der Waals surface area contributed by atoms with Gasteiger partial charge in [0.15, 0.2) is 0 Å². The van der Waals surface area contributed by atoms with E-state index in [9.17, 15) is 4.39 Å². The van der Waals surface area contributed by atoms with E-state index in [-0.39, 0.29) is 5.82 Å². The van der Waals surface area contributed by atoms with Gasteiger partial charge in [-0.3, -0.25) is 0 Å². The Morgan fingerprint density at radius 3 is 2.93 bits per heavy atom. The highest BCUT2D eigenvalue weighted by atomic mass is 19.1. The minimum absolute atomic E-state index is 0.245. The molecule has 0 bridgehead atoms. The Morgan fingerprint density at radius 2 is 2.29 bits per heavy atom. The van der Waals surface area contributed by atoms with E-state index in [4.69, 9.17) is 4.74 Å². The summed E-state index contributed by atoms with van der Waals surface area (Å²) in [5.41, 5.74) is 0.488. The van der Waals surface area contributed by atoms with Crippen LogP contribution >= 0.6 is 0 Å². The number of methoxy groups -OCH3 is 1. The maximum Gasteiger partial charge on any atom is 0.150 e. The Bertz CT molecular complexity index is 323. The molecule has 2 nitrogen and oxygen atoms in total. The van der Waals surface area contributed by atoms with Crippen molar-refractivity contribution in [2.45, 2.75) is 12.8 Å². The molecule has 0 radical (unpaired) electrons. The van der Waals surface area contributed by atoms with Crippen molar-refractivity contribution in [1.82, 2.24) is 0 Å². The van der Waals surface area contributed by atoms with Crippen molar-refractivity contribution >= 4 is 5.69 Å². The smallest absolute Gasteiger partial charge is 0.150 e. The van der Waals surface area contributed by atoms with Crippen molar-refractivity contribution in [3.8, 4) is 5.75 Å². The Morgan fingerprint density at radius 1 is 1.50 bits per heavy atom. The Kier molecular flexibility index (Phi) is 2.57. The average Bonchev–Trinajstić information content (AvgIpc) is 2.99. The van der Waals surface area contributed by atoms with E-state index in [0.29, 0.717) is 11.4 Å². The highest BCUT2D eigenvalue weighted by Gasteiger charge is 2.21. The van der Waals surface area contributed by atoms with Crippen LogP contribution in [0.3, 0.4) is 0 Å². The molecule has 76 valence electrons. The number of rotatable bonds is 4. The summed E-state index contributed by atoms with van der Waals surface area (Å²) in [5, 5.41) is 3.09. The molecule has 0 saturated heterocycles. The summed E-state index contributed by atoms with van der Waals surface area (Å²) in [6.07, 6.45) is 2.51. The number of hydrogen-bond donors (Lipinski definition) is 1.